The molecule has 1 heterocycles. The van der Waals surface area contributed by atoms with Gasteiger partial charge in [0.1, 0.15) is 11.6 Å². The first-order valence-electron chi connectivity index (χ1n) is 11.1. The Morgan fingerprint density at radius 3 is 2.65 bits per heavy atom. The van der Waals surface area contributed by atoms with Crippen molar-refractivity contribution >= 4 is 23.1 Å². The van der Waals surface area contributed by atoms with Crippen molar-refractivity contribution in [2.75, 3.05) is 12.4 Å². The van der Waals surface area contributed by atoms with Gasteiger partial charge in [-0.3, -0.25) is 14.6 Å². The molecule has 0 bridgehead atoms. The van der Waals surface area contributed by atoms with Gasteiger partial charge >= 0.3 is 0 Å². The van der Waals surface area contributed by atoms with Crippen LogP contribution in [0.5, 0.6) is 5.75 Å². The molecule has 6 heteroatoms. The van der Waals surface area contributed by atoms with Gasteiger partial charge in [0, 0.05) is 22.4 Å². The van der Waals surface area contributed by atoms with E-state index in [2.05, 4.69) is 19.2 Å². The Morgan fingerprint density at radius 1 is 1.09 bits per heavy atom. The largest absolute Gasteiger partial charge is 0.497 e. The number of carbonyl (C=O) groups excluding carboxylic acids is 2. The van der Waals surface area contributed by atoms with Crippen LogP contribution in [-0.4, -0.2) is 30.1 Å². The number of Topliss-reactive ketones (excluding diaryl/α,β-unsaturated/α-hetero) is 1. The SMILES string of the molecule is COc1ccc2c(c1)C(CC(=O)c1cccc(NC(=O)c3cc(F)ccc3C)c1)=NC(C)(C)C2. The molecule has 1 amide bonds. The normalized spacial score (nSPS) is 14.1. The molecule has 174 valence electrons. The van der Waals surface area contributed by atoms with Crippen LogP contribution in [0, 0.1) is 12.7 Å². The topological polar surface area (TPSA) is 67.8 Å². The number of nitrogens with one attached hydrogen (secondary N) is 1. The number of hydrogen-bond acceptors (Lipinski definition) is 4. The number of ketones is 1. The molecule has 0 unspecified atom stereocenters. The van der Waals surface area contributed by atoms with Gasteiger partial charge in [-0.25, -0.2) is 4.39 Å². The number of benzene rings is 3. The lowest BCUT2D eigenvalue weighted by Gasteiger charge is -2.29. The van der Waals surface area contributed by atoms with Crippen molar-refractivity contribution in [2.45, 2.75) is 39.2 Å². The summed E-state index contributed by atoms with van der Waals surface area (Å²) in [5.74, 6) is -0.298. The molecule has 4 rings (SSSR count). The first kappa shape index (κ1) is 23.4. The smallest absolute Gasteiger partial charge is 0.256 e. The lowest BCUT2D eigenvalue weighted by molar-refractivity contribution is 0.0996. The van der Waals surface area contributed by atoms with Crippen molar-refractivity contribution < 1.29 is 18.7 Å². The quantitative estimate of drug-likeness (QED) is 0.475. The fourth-order valence-electron chi connectivity index (χ4n) is 4.23. The van der Waals surface area contributed by atoms with E-state index in [1.54, 1.807) is 44.4 Å². The van der Waals surface area contributed by atoms with E-state index >= 15 is 0 Å². The van der Waals surface area contributed by atoms with Crippen molar-refractivity contribution in [2.24, 2.45) is 4.99 Å². The van der Waals surface area contributed by atoms with E-state index in [1.165, 1.54) is 12.1 Å². The fourth-order valence-corrected chi connectivity index (χ4v) is 4.23. The van der Waals surface area contributed by atoms with Gasteiger partial charge in [0.05, 0.1) is 24.8 Å². The van der Waals surface area contributed by atoms with Crippen LogP contribution in [0.3, 0.4) is 0 Å². The molecule has 1 aliphatic heterocycles. The highest BCUT2D eigenvalue weighted by atomic mass is 19.1. The molecule has 34 heavy (non-hydrogen) atoms. The first-order chi connectivity index (χ1) is 16.1. The third kappa shape index (κ3) is 5.06. The number of fused-ring (bicyclic) bond motifs is 1. The molecule has 0 aliphatic carbocycles. The number of anilines is 1. The molecule has 1 N–H and O–H groups in total. The number of rotatable bonds is 6. The Kier molecular flexibility index (Phi) is 6.33. The van der Waals surface area contributed by atoms with E-state index < -0.39 is 11.7 Å². The lowest BCUT2D eigenvalue weighted by atomic mass is 9.85. The van der Waals surface area contributed by atoms with Gasteiger partial charge in [-0.2, -0.15) is 0 Å². The van der Waals surface area contributed by atoms with Gasteiger partial charge in [0.25, 0.3) is 5.91 Å². The molecule has 3 aromatic carbocycles. The zero-order valence-corrected chi connectivity index (χ0v) is 19.7. The highest BCUT2D eigenvalue weighted by molar-refractivity contribution is 6.17. The number of nitrogens with zero attached hydrogens (tertiary/aromatic N) is 1. The van der Waals surface area contributed by atoms with Crippen molar-refractivity contribution in [1.82, 2.24) is 0 Å². The Hall–Kier alpha value is -3.80. The average Bonchev–Trinajstić information content (AvgIpc) is 2.79. The Balaban J connectivity index is 1.56. The third-order valence-electron chi connectivity index (χ3n) is 5.90. The molecule has 0 saturated carbocycles. The second kappa shape index (κ2) is 9.21. The Labute approximate surface area is 198 Å². The Morgan fingerprint density at radius 2 is 1.88 bits per heavy atom. The molecule has 3 aromatic rings. The van der Waals surface area contributed by atoms with Crippen molar-refractivity contribution in [3.63, 3.8) is 0 Å². The maximum absolute atomic E-state index is 13.6. The van der Waals surface area contributed by atoms with Crippen molar-refractivity contribution in [1.29, 1.82) is 0 Å². The van der Waals surface area contributed by atoms with E-state index in [9.17, 15) is 14.0 Å². The molecule has 0 radical (unpaired) electrons. The van der Waals surface area contributed by atoms with Crippen molar-refractivity contribution in [3.05, 3.63) is 94.3 Å². The third-order valence-corrected chi connectivity index (χ3v) is 5.90. The van der Waals surface area contributed by atoms with Crippen LogP contribution in [0.25, 0.3) is 0 Å². The molecular formula is C28H27FN2O3. The summed E-state index contributed by atoms with van der Waals surface area (Å²) in [6, 6.07) is 16.7. The molecular weight excluding hydrogens is 431 g/mol. The van der Waals surface area contributed by atoms with Gasteiger partial charge in [-0.1, -0.05) is 24.3 Å². The van der Waals surface area contributed by atoms with Crippen LogP contribution in [0.1, 0.15) is 57.7 Å². The zero-order valence-electron chi connectivity index (χ0n) is 19.7. The van der Waals surface area contributed by atoms with Gasteiger partial charge < -0.3 is 10.1 Å². The second-order valence-corrected chi connectivity index (χ2v) is 9.16. The molecule has 0 aromatic heterocycles. The van der Waals surface area contributed by atoms with E-state index in [0.717, 1.165) is 29.0 Å². The molecule has 0 saturated heterocycles. The fraction of sp³-hybridized carbons (Fsp3) is 0.250. The summed E-state index contributed by atoms with van der Waals surface area (Å²) in [7, 11) is 1.61. The van der Waals surface area contributed by atoms with E-state index in [1.807, 2.05) is 18.2 Å². The number of aliphatic imine (C=N–C) groups is 1. The van der Waals surface area contributed by atoms with Gasteiger partial charge in [-0.15, -0.1) is 0 Å². The number of hydrogen-bond donors (Lipinski definition) is 1. The van der Waals surface area contributed by atoms with Crippen LogP contribution in [0.15, 0.2) is 65.7 Å². The van der Waals surface area contributed by atoms with Crippen molar-refractivity contribution in [3.8, 4) is 5.75 Å². The molecule has 1 aliphatic rings. The summed E-state index contributed by atoms with van der Waals surface area (Å²) in [5.41, 5.74) is 4.32. The summed E-state index contributed by atoms with van der Waals surface area (Å²) in [5, 5.41) is 2.76. The summed E-state index contributed by atoms with van der Waals surface area (Å²) >= 11 is 0. The average molecular weight is 459 g/mol. The summed E-state index contributed by atoms with van der Waals surface area (Å²) in [4.78, 5) is 30.7. The van der Waals surface area contributed by atoms with Gasteiger partial charge in [0.15, 0.2) is 5.78 Å². The number of carbonyl (C=O) groups is 2. The number of halogens is 1. The van der Waals surface area contributed by atoms with Gasteiger partial charge in [-0.05, 0) is 74.7 Å². The van der Waals surface area contributed by atoms with Gasteiger partial charge in [0.2, 0.25) is 0 Å². The van der Waals surface area contributed by atoms with E-state index in [-0.39, 0.29) is 23.3 Å². The maximum atomic E-state index is 13.6. The lowest BCUT2D eigenvalue weighted by Crippen LogP contribution is -2.30. The van der Waals surface area contributed by atoms with Crippen LogP contribution >= 0.6 is 0 Å². The van der Waals surface area contributed by atoms with E-state index in [0.29, 0.717) is 16.8 Å². The predicted octanol–water partition coefficient (Wildman–Crippen LogP) is 5.79. The molecule has 5 nitrogen and oxygen atoms in total. The van der Waals surface area contributed by atoms with Crippen LogP contribution in [-0.2, 0) is 6.42 Å². The highest BCUT2D eigenvalue weighted by Gasteiger charge is 2.28. The first-order valence-corrected chi connectivity index (χ1v) is 11.1. The minimum absolute atomic E-state index is 0.108. The molecule has 0 spiro atoms. The highest BCUT2D eigenvalue weighted by Crippen LogP contribution is 2.31. The second-order valence-electron chi connectivity index (χ2n) is 9.16. The number of aryl methyl sites for hydroxylation is 1. The molecule has 0 fully saturated rings. The molecule has 0 atom stereocenters. The summed E-state index contributed by atoms with van der Waals surface area (Å²) < 4.78 is 19.0. The van der Waals surface area contributed by atoms with E-state index in [4.69, 9.17) is 9.73 Å². The van der Waals surface area contributed by atoms with Crippen LogP contribution < -0.4 is 10.1 Å². The standard InChI is InChI=1S/C28H27FN2O3/c1-17-8-10-20(29)13-23(17)27(33)30-21-7-5-6-18(12-21)26(32)15-25-24-14-22(34-4)11-9-19(24)16-28(2,3)31-25/h5-14H,15-16H2,1-4H3,(H,30,33). The number of methoxy groups -OCH3 is 1. The summed E-state index contributed by atoms with van der Waals surface area (Å²) in [6.45, 7) is 5.85. The number of amides is 1. The minimum Gasteiger partial charge on any atom is -0.497 e. The van der Waals surface area contributed by atoms with Crippen LogP contribution in [0.4, 0.5) is 10.1 Å². The monoisotopic (exact) mass is 458 g/mol. The Bertz CT molecular complexity index is 1310. The minimum atomic E-state index is -0.479. The summed E-state index contributed by atoms with van der Waals surface area (Å²) in [6.07, 6.45) is 0.912. The number of ether oxygens (including phenoxy) is 1. The maximum Gasteiger partial charge on any atom is 0.256 e. The zero-order chi connectivity index (χ0) is 24.5. The predicted molar refractivity (Wildman–Crippen MR) is 132 cm³/mol. The van der Waals surface area contributed by atoms with Crippen LogP contribution in [0.2, 0.25) is 0 Å².